The van der Waals surface area contributed by atoms with Gasteiger partial charge in [-0.1, -0.05) is 17.9 Å². The molecule has 0 radical (unpaired) electrons. The Labute approximate surface area is 80.4 Å². The molecule has 0 unspecified atom stereocenters. The Morgan fingerprint density at radius 1 is 1.43 bits per heavy atom. The number of hydrogen-bond acceptors (Lipinski definition) is 1. The third kappa shape index (κ3) is 3.13. The van der Waals surface area contributed by atoms with Gasteiger partial charge in [0.25, 0.3) is 0 Å². The number of hydrogen-bond donors (Lipinski definition) is 0. The predicted octanol–water partition coefficient (Wildman–Crippen LogP) is 2.19. The van der Waals surface area contributed by atoms with Crippen LogP contribution in [0.1, 0.15) is 11.3 Å². The quantitative estimate of drug-likeness (QED) is 0.535. The van der Waals surface area contributed by atoms with Crippen LogP contribution in [-0.2, 0) is 12.7 Å². The van der Waals surface area contributed by atoms with E-state index in [2.05, 4.69) is 10.9 Å². The molecule has 0 bridgehead atoms. The fourth-order valence-electron chi connectivity index (χ4n) is 1.16. The van der Waals surface area contributed by atoms with Gasteiger partial charge in [0.2, 0.25) is 0 Å². The van der Waals surface area contributed by atoms with Crippen LogP contribution < -0.4 is 0 Å². The topological polar surface area (TPSA) is 12.9 Å². The lowest BCUT2D eigenvalue weighted by molar-refractivity contribution is 0.468. The summed E-state index contributed by atoms with van der Waals surface area (Å²) in [5.74, 6) is 2.29. The van der Waals surface area contributed by atoms with Crippen LogP contribution in [0.5, 0.6) is 0 Å². The van der Waals surface area contributed by atoms with Gasteiger partial charge in [-0.2, -0.15) is 0 Å². The molecule has 1 rings (SSSR count). The van der Waals surface area contributed by atoms with Gasteiger partial charge < -0.3 is 12.9 Å². The smallest absolute Gasteiger partial charge is 0.449 e. The van der Waals surface area contributed by atoms with Gasteiger partial charge in [0.1, 0.15) is 0 Å². The van der Waals surface area contributed by atoms with E-state index in [4.69, 9.17) is 6.42 Å². The lowest BCUT2D eigenvalue weighted by atomic mass is 9.81. The van der Waals surface area contributed by atoms with E-state index in [0.717, 1.165) is 0 Å². The molecular formula is C9H8BF3N-. The fourth-order valence-corrected chi connectivity index (χ4v) is 1.16. The molecule has 1 nitrogen and oxygen atoms in total. The zero-order valence-electron chi connectivity index (χ0n) is 7.38. The molecule has 74 valence electrons. The summed E-state index contributed by atoms with van der Waals surface area (Å²) < 4.78 is 36.4. The maximum absolute atomic E-state index is 12.1. The second kappa shape index (κ2) is 4.18. The number of aromatic nitrogens is 1. The molecule has 0 atom stereocenters. The van der Waals surface area contributed by atoms with Crippen molar-refractivity contribution in [3.8, 4) is 12.3 Å². The molecule has 0 aliphatic heterocycles. The molecule has 0 amide bonds. The first kappa shape index (κ1) is 10.6. The highest BCUT2D eigenvalue weighted by atomic mass is 19.4. The fraction of sp³-hybridized carbons (Fsp3) is 0.222. The Bertz CT molecular complexity index is 354. The van der Waals surface area contributed by atoms with Crippen LogP contribution in [0.15, 0.2) is 18.3 Å². The highest BCUT2D eigenvalue weighted by Crippen LogP contribution is 2.18. The van der Waals surface area contributed by atoms with Crippen LogP contribution in [0, 0.1) is 12.3 Å². The largest absolute Gasteiger partial charge is 0.482 e. The van der Waals surface area contributed by atoms with Crippen molar-refractivity contribution < 1.29 is 12.9 Å². The van der Waals surface area contributed by atoms with Gasteiger partial charge in [-0.25, -0.2) is 0 Å². The first-order valence-electron chi connectivity index (χ1n) is 4.10. The minimum atomic E-state index is -4.82. The Balaban J connectivity index is 2.91. The molecule has 1 aromatic rings. The highest BCUT2D eigenvalue weighted by Gasteiger charge is 2.24. The summed E-state index contributed by atoms with van der Waals surface area (Å²) in [7, 11) is 0. The minimum absolute atomic E-state index is 0.141. The summed E-state index contributed by atoms with van der Waals surface area (Å²) in [5.41, 5.74) is 0.521. The normalized spacial score (nSPS) is 11.0. The van der Waals surface area contributed by atoms with Crippen molar-refractivity contribution >= 4 is 6.98 Å². The summed E-state index contributed by atoms with van der Waals surface area (Å²) in [6, 6.07) is 2.89. The third-order valence-corrected chi connectivity index (χ3v) is 1.71. The van der Waals surface area contributed by atoms with Gasteiger partial charge in [0.15, 0.2) is 0 Å². The average molecular weight is 198 g/mol. The molecule has 0 aromatic carbocycles. The number of nitrogens with zero attached hydrogens (tertiary/aromatic N) is 1. The first-order chi connectivity index (χ1) is 6.53. The van der Waals surface area contributed by atoms with Crippen molar-refractivity contribution in [3.05, 3.63) is 29.6 Å². The molecule has 5 heteroatoms. The Kier molecular flexibility index (Phi) is 3.18. The first-order valence-corrected chi connectivity index (χ1v) is 4.10. The molecule has 0 saturated carbocycles. The van der Waals surface area contributed by atoms with Gasteiger partial charge in [-0.05, 0) is 6.07 Å². The van der Waals surface area contributed by atoms with Gasteiger partial charge in [0.05, 0.1) is 12.1 Å². The third-order valence-electron chi connectivity index (χ3n) is 1.71. The highest BCUT2D eigenvalue weighted by molar-refractivity contribution is 6.57. The Morgan fingerprint density at radius 3 is 2.71 bits per heavy atom. The van der Waals surface area contributed by atoms with Crippen molar-refractivity contribution in [3.63, 3.8) is 0 Å². The van der Waals surface area contributed by atoms with E-state index in [9.17, 15) is 12.9 Å². The monoisotopic (exact) mass is 198 g/mol. The van der Waals surface area contributed by atoms with Crippen LogP contribution in [0.3, 0.4) is 0 Å². The van der Waals surface area contributed by atoms with Crippen molar-refractivity contribution in [2.45, 2.75) is 12.7 Å². The number of halogens is 3. The summed E-state index contributed by atoms with van der Waals surface area (Å²) in [6.45, 7) is -4.82. The summed E-state index contributed by atoms with van der Waals surface area (Å²) >= 11 is 0. The van der Waals surface area contributed by atoms with E-state index in [1.54, 1.807) is 0 Å². The van der Waals surface area contributed by atoms with E-state index < -0.39 is 13.3 Å². The van der Waals surface area contributed by atoms with Crippen molar-refractivity contribution in [2.24, 2.45) is 0 Å². The molecule has 0 aliphatic carbocycles. The van der Waals surface area contributed by atoms with E-state index in [0.29, 0.717) is 5.69 Å². The molecule has 14 heavy (non-hydrogen) atoms. The zero-order valence-corrected chi connectivity index (χ0v) is 7.38. The summed E-state index contributed by atoms with van der Waals surface area (Å²) in [5, 5.41) is 0. The predicted molar refractivity (Wildman–Crippen MR) is 49.6 cm³/mol. The number of terminal acetylenes is 1. The van der Waals surface area contributed by atoms with Gasteiger partial charge in [-0.3, -0.25) is 4.98 Å². The van der Waals surface area contributed by atoms with Gasteiger partial charge in [-0.15, -0.1) is 12.3 Å². The van der Waals surface area contributed by atoms with Crippen LogP contribution >= 0.6 is 0 Å². The lowest BCUT2D eigenvalue weighted by Crippen LogP contribution is -2.20. The lowest BCUT2D eigenvalue weighted by Gasteiger charge is -2.15. The molecule has 1 aromatic heterocycles. The average Bonchev–Trinajstić information content (AvgIpc) is 2.06. The van der Waals surface area contributed by atoms with Gasteiger partial charge >= 0.3 is 6.98 Å². The van der Waals surface area contributed by atoms with Crippen LogP contribution in [0.25, 0.3) is 0 Å². The van der Waals surface area contributed by atoms with Crippen molar-refractivity contribution in [1.82, 2.24) is 4.98 Å². The van der Waals surface area contributed by atoms with Crippen molar-refractivity contribution in [1.29, 1.82) is 0 Å². The van der Waals surface area contributed by atoms with E-state index in [-0.39, 0.29) is 12.0 Å². The zero-order chi connectivity index (χ0) is 10.6. The number of rotatable bonds is 3. The van der Waals surface area contributed by atoms with Crippen LogP contribution in [-0.4, -0.2) is 12.0 Å². The van der Waals surface area contributed by atoms with Gasteiger partial charge in [0, 0.05) is 6.20 Å². The SMILES string of the molecule is C#CCc1ncccc1C[B-](F)(F)F. The van der Waals surface area contributed by atoms with E-state index >= 15 is 0 Å². The minimum Gasteiger partial charge on any atom is -0.449 e. The van der Waals surface area contributed by atoms with Crippen LogP contribution in [0.2, 0.25) is 0 Å². The number of pyridine rings is 1. The molecule has 0 spiro atoms. The molecule has 0 N–H and O–H groups in total. The molecule has 0 fully saturated rings. The van der Waals surface area contributed by atoms with Crippen LogP contribution in [0.4, 0.5) is 12.9 Å². The van der Waals surface area contributed by atoms with Crippen molar-refractivity contribution in [2.75, 3.05) is 0 Å². The second-order valence-corrected chi connectivity index (χ2v) is 2.90. The summed E-state index contributed by atoms with van der Waals surface area (Å²) in [4.78, 5) is 3.82. The van der Waals surface area contributed by atoms with E-state index in [1.165, 1.54) is 18.3 Å². The maximum atomic E-state index is 12.1. The molecule has 0 aliphatic rings. The second-order valence-electron chi connectivity index (χ2n) is 2.90. The van der Waals surface area contributed by atoms with E-state index in [1.807, 2.05) is 0 Å². The summed E-state index contributed by atoms with van der Waals surface area (Å²) in [6.07, 6.45) is 5.70. The molecule has 1 heterocycles. The Morgan fingerprint density at radius 2 is 2.14 bits per heavy atom. The molecule has 0 saturated heterocycles. The standard InChI is InChI=1S/C9H8BF3N/c1-2-4-9-8(5-3-6-14-9)7-10(11,12)13/h1,3,5-6H,4,7H2/q-1. The Hall–Kier alpha value is -1.44. The maximum Gasteiger partial charge on any atom is 0.482 e. The molecular weight excluding hydrogens is 190 g/mol.